The van der Waals surface area contributed by atoms with Gasteiger partial charge in [-0.25, -0.2) is 13.6 Å². The van der Waals surface area contributed by atoms with E-state index >= 15 is 0 Å². The van der Waals surface area contributed by atoms with Crippen molar-refractivity contribution in [2.75, 3.05) is 20.1 Å². The van der Waals surface area contributed by atoms with Crippen molar-refractivity contribution >= 4 is 17.0 Å². The molecule has 1 aromatic heterocycles. The van der Waals surface area contributed by atoms with Gasteiger partial charge >= 0.3 is 6.03 Å². The van der Waals surface area contributed by atoms with Crippen molar-refractivity contribution in [2.45, 2.75) is 32.0 Å². The Morgan fingerprint density at radius 2 is 1.93 bits per heavy atom. The van der Waals surface area contributed by atoms with E-state index in [1.165, 1.54) is 12.1 Å². The molecule has 1 aliphatic rings. The van der Waals surface area contributed by atoms with Crippen LogP contribution in [0.5, 0.6) is 0 Å². The summed E-state index contributed by atoms with van der Waals surface area (Å²) in [6.45, 7) is 2.20. The third-order valence-corrected chi connectivity index (χ3v) is 5.60. The minimum absolute atomic E-state index is 0.0496. The van der Waals surface area contributed by atoms with E-state index < -0.39 is 11.6 Å². The predicted molar refractivity (Wildman–Crippen MR) is 111 cm³/mol. The van der Waals surface area contributed by atoms with Crippen LogP contribution in [-0.4, -0.2) is 42.0 Å². The van der Waals surface area contributed by atoms with Crippen molar-refractivity contribution in [1.29, 1.82) is 0 Å². The highest BCUT2D eigenvalue weighted by molar-refractivity contribution is 5.78. The molecule has 0 radical (unpaired) electrons. The highest BCUT2D eigenvalue weighted by Gasteiger charge is 2.23. The Morgan fingerprint density at radius 1 is 1.13 bits per heavy atom. The van der Waals surface area contributed by atoms with Gasteiger partial charge in [0.1, 0.15) is 17.2 Å². The number of urea groups is 1. The normalized spacial score (nSPS) is 15.4. The Hall–Kier alpha value is -2.93. The molecule has 0 saturated carbocycles. The lowest BCUT2D eigenvalue weighted by atomic mass is 10.1. The van der Waals surface area contributed by atoms with E-state index in [1.807, 2.05) is 24.3 Å². The molecule has 0 atom stereocenters. The first-order chi connectivity index (χ1) is 14.5. The summed E-state index contributed by atoms with van der Waals surface area (Å²) >= 11 is 0. The molecule has 2 aromatic carbocycles. The lowest BCUT2D eigenvalue weighted by molar-refractivity contribution is 0.175. The smallest absolute Gasteiger partial charge is 0.318 e. The van der Waals surface area contributed by atoms with Crippen LogP contribution in [0.4, 0.5) is 13.6 Å². The van der Waals surface area contributed by atoms with Crippen LogP contribution in [0.25, 0.3) is 11.0 Å². The number of fused-ring (bicyclic) bond motifs is 1. The zero-order valence-electron chi connectivity index (χ0n) is 16.9. The molecule has 0 bridgehead atoms. The molecule has 1 fully saturated rings. The van der Waals surface area contributed by atoms with Crippen LogP contribution in [-0.2, 0) is 13.1 Å². The standard InChI is InChI=1S/C23H25F2N3O2/c1-27-9-6-20(7-10-27)26-23(29)28(15-18-3-4-19(24)13-21(18)25)14-16-2-5-22-17(12-16)8-11-30-22/h2-5,8,11-13,20H,6-7,9-10,14-15H2,1H3,(H,26,29). The molecule has 0 aliphatic carbocycles. The largest absolute Gasteiger partial charge is 0.464 e. The quantitative estimate of drug-likeness (QED) is 0.669. The average Bonchev–Trinajstić information content (AvgIpc) is 3.19. The first kappa shape index (κ1) is 20.3. The molecule has 3 aromatic rings. The van der Waals surface area contributed by atoms with Crippen molar-refractivity contribution in [3.63, 3.8) is 0 Å². The third kappa shape index (κ3) is 4.79. The monoisotopic (exact) mass is 413 g/mol. The summed E-state index contributed by atoms with van der Waals surface area (Å²) in [5.74, 6) is -1.29. The number of amides is 2. The van der Waals surface area contributed by atoms with E-state index in [4.69, 9.17) is 4.42 Å². The molecular weight excluding hydrogens is 388 g/mol. The number of nitrogens with zero attached hydrogens (tertiary/aromatic N) is 2. The van der Waals surface area contributed by atoms with Crippen LogP contribution in [0, 0.1) is 11.6 Å². The summed E-state index contributed by atoms with van der Waals surface area (Å²) in [6, 6.07) is 10.9. The first-order valence-corrected chi connectivity index (χ1v) is 10.1. The fourth-order valence-corrected chi connectivity index (χ4v) is 3.81. The molecule has 0 unspecified atom stereocenters. The molecule has 5 nitrogen and oxygen atoms in total. The van der Waals surface area contributed by atoms with Crippen LogP contribution in [0.1, 0.15) is 24.0 Å². The summed E-state index contributed by atoms with van der Waals surface area (Å²) < 4.78 is 32.9. The lowest BCUT2D eigenvalue weighted by Gasteiger charge is -2.32. The molecule has 2 amide bonds. The molecule has 30 heavy (non-hydrogen) atoms. The fourth-order valence-electron chi connectivity index (χ4n) is 3.81. The number of hydrogen-bond donors (Lipinski definition) is 1. The Bertz CT molecular complexity index is 1030. The number of furan rings is 1. The van der Waals surface area contributed by atoms with Crippen molar-refractivity contribution < 1.29 is 18.0 Å². The third-order valence-electron chi connectivity index (χ3n) is 5.60. The second kappa shape index (κ2) is 8.83. The van der Waals surface area contributed by atoms with Crippen LogP contribution >= 0.6 is 0 Å². The zero-order chi connectivity index (χ0) is 21.1. The van der Waals surface area contributed by atoms with Crippen LogP contribution in [0.3, 0.4) is 0 Å². The highest BCUT2D eigenvalue weighted by atomic mass is 19.1. The van der Waals surface area contributed by atoms with E-state index in [-0.39, 0.29) is 24.2 Å². The number of nitrogens with one attached hydrogen (secondary N) is 1. The molecule has 0 spiro atoms. The van der Waals surface area contributed by atoms with E-state index in [0.29, 0.717) is 6.54 Å². The lowest BCUT2D eigenvalue weighted by Crippen LogP contribution is -2.48. The van der Waals surface area contributed by atoms with Gasteiger partial charge in [-0.2, -0.15) is 0 Å². The van der Waals surface area contributed by atoms with Gasteiger partial charge in [0.05, 0.1) is 12.8 Å². The van der Waals surface area contributed by atoms with Gasteiger partial charge in [-0.1, -0.05) is 12.1 Å². The molecule has 7 heteroatoms. The Balaban J connectivity index is 1.53. The summed E-state index contributed by atoms with van der Waals surface area (Å²) in [6.07, 6.45) is 3.37. The minimum atomic E-state index is -0.655. The molecule has 1 aliphatic heterocycles. The molecule has 158 valence electrons. The topological polar surface area (TPSA) is 48.7 Å². The van der Waals surface area contributed by atoms with Gasteiger partial charge in [-0.15, -0.1) is 0 Å². The number of carbonyl (C=O) groups is 1. The van der Waals surface area contributed by atoms with Crippen LogP contribution in [0.2, 0.25) is 0 Å². The summed E-state index contributed by atoms with van der Waals surface area (Å²) in [4.78, 5) is 16.9. The molecule has 1 N–H and O–H groups in total. The van der Waals surface area contributed by atoms with Gasteiger partial charge in [0.2, 0.25) is 0 Å². The van der Waals surface area contributed by atoms with Gasteiger partial charge in [-0.05, 0) is 62.8 Å². The fraction of sp³-hybridized carbons (Fsp3) is 0.348. The van der Waals surface area contributed by atoms with Crippen molar-refractivity contribution in [2.24, 2.45) is 0 Å². The van der Waals surface area contributed by atoms with E-state index in [2.05, 4.69) is 17.3 Å². The van der Waals surface area contributed by atoms with E-state index in [9.17, 15) is 13.6 Å². The number of rotatable bonds is 5. The molecule has 4 rings (SSSR count). The Morgan fingerprint density at radius 3 is 2.70 bits per heavy atom. The Kier molecular flexibility index (Phi) is 5.99. The average molecular weight is 413 g/mol. The molecule has 1 saturated heterocycles. The van der Waals surface area contributed by atoms with Crippen molar-refractivity contribution in [1.82, 2.24) is 15.1 Å². The summed E-state index contributed by atoms with van der Waals surface area (Å²) in [7, 11) is 2.06. The first-order valence-electron chi connectivity index (χ1n) is 10.1. The number of hydrogen-bond acceptors (Lipinski definition) is 3. The van der Waals surface area contributed by atoms with Crippen LogP contribution in [0.15, 0.2) is 53.1 Å². The maximum atomic E-state index is 14.3. The SMILES string of the molecule is CN1CCC(NC(=O)N(Cc2ccc3occc3c2)Cc2ccc(F)cc2F)CC1. The number of piperidine rings is 1. The number of carbonyl (C=O) groups excluding carboxylic acids is 1. The van der Waals surface area contributed by atoms with Gasteiger partial charge < -0.3 is 19.5 Å². The van der Waals surface area contributed by atoms with Crippen LogP contribution < -0.4 is 5.32 Å². The maximum Gasteiger partial charge on any atom is 0.318 e. The van der Waals surface area contributed by atoms with E-state index in [1.54, 1.807) is 11.2 Å². The summed E-state index contributed by atoms with van der Waals surface area (Å²) in [5.41, 5.74) is 1.95. The maximum absolute atomic E-state index is 14.3. The number of benzene rings is 2. The van der Waals surface area contributed by atoms with Crippen molar-refractivity contribution in [3.8, 4) is 0 Å². The molecule has 2 heterocycles. The number of halogens is 2. The van der Waals surface area contributed by atoms with Gasteiger partial charge in [0.25, 0.3) is 0 Å². The second-order valence-electron chi connectivity index (χ2n) is 7.91. The Labute approximate surface area is 174 Å². The predicted octanol–water partition coefficient (Wildman–Crippen LogP) is 4.52. The highest BCUT2D eigenvalue weighted by Crippen LogP contribution is 2.20. The number of likely N-dealkylation sites (tertiary alicyclic amines) is 1. The van der Waals surface area contributed by atoms with Crippen molar-refractivity contribution in [3.05, 3.63) is 71.5 Å². The minimum Gasteiger partial charge on any atom is -0.464 e. The molecular formula is C23H25F2N3O2. The van der Waals surface area contributed by atoms with Gasteiger partial charge in [-0.3, -0.25) is 0 Å². The second-order valence-corrected chi connectivity index (χ2v) is 7.91. The zero-order valence-corrected chi connectivity index (χ0v) is 16.9. The summed E-state index contributed by atoms with van der Waals surface area (Å²) in [5, 5.41) is 4.03. The van der Waals surface area contributed by atoms with Gasteiger partial charge in [0, 0.05) is 29.6 Å². The van der Waals surface area contributed by atoms with E-state index in [0.717, 1.165) is 48.5 Å². The van der Waals surface area contributed by atoms with Gasteiger partial charge in [0.15, 0.2) is 0 Å².